The van der Waals surface area contributed by atoms with Gasteiger partial charge in [-0.25, -0.2) is 9.59 Å². The van der Waals surface area contributed by atoms with Crippen molar-refractivity contribution in [3.63, 3.8) is 0 Å². The van der Waals surface area contributed by atoms with E-state index in [2.05, 4.69) is 0 Å². The molecular formula is C18H17N2O9-. The molecule has 0 radical (unpaired) electrons. The van der Waals surface area contributed by atoms with Crippen molar-refractivity contribution in [3.8, 4) is 5.75 Å². The van der Waals surface area contributed by atoms with Gasteiger partial charge < -0.3 is 35.9 Å². The van der Waals surface area contributed by atoms with Crippen LogP contribution in [0.2, 0.25) is 0 Å². The molecule has 0 aliphatic carbocycles. The van der Waals surface area contributed by atoms with Crippen molar-refractivity contribution in [2.24, 2.45) is 5.73 Å². The number of carbonyl (C=O) groups excluding carboxylic acids is 1. The van der Waals surface area contributed by atoms with Crippen LogP contribution in [-0.2, 0) is 20.7 Å². The van der Waals surface area contributed by atoms with E-state index in [9.17, 15) is 24.7 Å². The number of nitrogens with zero attached hydrogens (tertiary/aromatic N) is 1. The molecule has 29 heavy (non-hydrogen) atoms. The van der Waals surface area contributed by atoms with Crippen LogP contribution in [0.25, 0.3) is 0 Å². The van der Waals surface area contributed by atoms with Gasteiger partial charge in [-0.2, -0.15) is 0 Å². The number of carboxylic acid groups (broad SMARTS) is 2. The van der Waals surface area contributed by atoms with E-state index in [1.165, 1.54) is 42.5 Å². The fourth-order valence-corrected chi connectivity index (χ4v) is 2.38. The minimum absolute atomic E-state index is 0.00711. The Morgan fingerprint density at radius 2 is 1.66 bits per heavy atom. The van der Waals surface area contributed by atoms with Crippen molar-refractivity contribution in [3.05, 3.63) is 64.9 Å². The molecule has 0 aliphatic heterocycles. The van der Waals surface area contributed by atoms with Gasteiger partial charge in [0.25, 0.3) is 0 Å². The lowest BCUT2D eigenvalue weighted by Crippen LogP contribution is -2.32. The summed E-state index contributed by atoms with van der Waals surface area (Å²) in [6.45, 7) is 0. The average molecular weight is 405 g/mol. The maximum Gasteiger partial charge on any atom is 0.515 e. The second-order valence-electron chi connectivity index (χ2n) is 5.81. The summed E-state index contributed by atoms with van der Waals surface area (Å²) in [7, 11) is 0. The molecule has 5 N–H and O–H groups in total. The fourth-order valence-electron chi connectivity index (χ4n) is 2.38. The van der Waals surface area contributed by atoms with Gasteiger partial charge in [0.1, 0.15) is 11.8 Å². The van der Waals surface area contributed by atoms with Gasteiger partial charge in [-0.1, -0.05) is 30.3 Å². The maximum absolute atomic E-state index is 12.0. The fraction of sp³-hybridized carbons (Fsp3) is 0.167. The largest absolute Gasteiger partial charge is 0.733 e. The summed E-state index contributed by atoms with van der Waals surface area (Å²) in [6, 6.07) is 9.70. The number of hydrogen-bond donors (Lipinski definition) is 4. The second kappa shape index (κ2) is 9.50. The van der Waals surface area contributed by atoms with Crippen molar-refractivity contribution in [1.82, 2.24) is 0 Å². The Labute approximate surface area is 164 Å². The number of nitrogens with two attached hydrogens (primary N) is 1. The minimum Gasteiger partial charge on any atom is -0.733 e. The van der Waals surface area contributed by atoms with Crippen LogP contribution < -0.4 is 15.7 Å². The van der Waals surface area contributed by atoms with Crippen LogP contribution in [-0.4, -0.2) is 39.6 Å². The molecule has 2 atom stereocenters. The molecule has 2 rings (SSSR count). The molecule has 0 heterocycles. The lowest BCUT2D eigenvalue weighted by molar-refractivity contribution is -0.148. The Balaban J connectivity index is 2.08. The number of carboxylic acids is 2. The van der Waals surface area contributed by atoms with Gasteiger partial charge in [0, 0.05) is 5.56 Å². The Hall–Kier alpha value is -3.67. The number of aliphatic carboxylic acids is 2. The van der Waals surface area contributed by atoms with E-state index < -0.39 is 41.2 Å². The highest BCUT2D eigenvalue weighted by Crippen LogP contribution is 2.28. The van der Waals surface area contributed by atoms with E-state index >= 15 is 0 Å². The van der Waals surface area contributed by atoms with Gasteiger partial charge in [-0.15, -0.1) is 0 Å². The Morgan fingerprint density at radius 3 is 2.21 bits per heavy atom. The number of carbonyl (C=O) groups is 3. The van der Waals surface area contributed by atoms with E-state index in [4.69, 9.17) is 25.5 Å². The molecule has 0 saturated carbocycles. The summed E-state index contributed by atoms with van der Waals surface area (Å²) in [5.74, 6) is -2.74. The number of rotatable bonds is 8. The predicted octanol–water partition coefficient (Wildman–Crippen LogP) is 1.68. The third-order valence-corrected chi connectivity index (χ3v) is 3.76. The second-order valence-corrected chi connectivity index (χ2v) is 5.81. The van der Waals surface area contributed by atoms with E-state index in [1.54, 1.807) is 0 Å². The molecule has 0 fully saturated rings. The quantitative estimate of drug-likeness (QED) is 0.285. The SMILES string of the molecule is N[C@@H](Cc1ccc(OC(=O)OC(C(=O)O)c2ccccc2N([O-])O)cc1)C(=O)O. The van der Waals surface area contributed by atoms with Crippen molar-refractivity contribution in [1.29, 1.82) is 0 Å². The molecule has 0 aromatic heterocycles. The molecule has 154 valence electrons. The van der Waals surface area contributed by atoms with Gasteiger partial charge in [0.2, 0.25) is 6.10 Å². The number of anilines is 1. The molecule has 0 bridgehead atoms. The zero-order valence-electron chi connectivity index (χ0n) is 14.8. The molecule has 0 aliphatic rings. The van der Waals surface area contributed by atoms with Gasteiger partial charge in [0.15, 0.2) is 0 Å². The number of ether oxygens (including phenoxy) is 2. The Bertz CT molecular complexity index is 883. The monoisotopic (exact) mass is 405 g/mol. The first kappa shape index (κ1) is 21.6. The summed E-state index contributed by atoms with van der Waals surface area (Å²) >= 11 is 0. The molecule has 11 nitrogen and oxygen atoms in total. The predicted molar refractivity (Wildman–Crippen MR) is 97.3 cm³/mol. The van der Waals surface area contributed by atoms with Crippen LogP contribution in [0, 0.1) is 5.21 Å². The Kier molecular flexibility index (Phi) is 7.09. The van der Waals surface area contributed by atoms with Crippen LogP contribution in [0.3, 0.4) is 0 Å². The summed E-state index contributed by atoms with van der Waals surface area (Å²) < 4.78 is 9.68. The molecule has 0 saturated heterocycles. The zero-order valence-corrected chi connectivity index (χ0v) is 14.8. The third-order valence-electron chi connectivity index (χ3n) is 3.76. The van der Waals surface area contributed by atoms with Crippen molar-refractivity contribution in [2.75, 3.05) is 5.23 Å². The van der Waals surface area contributed by atoms with Gasteiger partial charge in [0.05, 0.1) is 5.69 Å². The first-order chi connectivity index (χ1) is 13.7. The van der Waals surface area contributed by atoms with Gasteiger partial charge in [-0.05, 0) is 30.2 Å². The maximum atomic E-state index is 12.0. The Morgan fingerprint density at radius 1 is 1.03 bits per heavy atom. The average Bonchev–Trinajstić information content (AvgIpc) is 2.67. The van der Waals surface area contributed by atoms with Gasteiger partial charge in [-0.3, -0.25) is 10.0 Å². The van der Waals surface area contributed by atoms with E-state index in [0.29, 0.717) is 5.56 Å². The number of hydrogen-bond acceptors (Lipinski definition) is 9. The molecule has 2 aromatic carbocycles. The van der Waals surface area contributed by atoms with Crippen molar-refractivity contribution in [2.45, 2.75) is 18.6 Å². The van der Waals surface area contributed by atoms with Crippen LogP contribution in [0.1, 0.15) is 17.2 Å². The highest BCUT2D eigenvalue weighted by Gasteiger charge is 2.28. The summed E-state index contributed by atoms with van der Waals surface area (Å²) in [5, 5.41) is 37.9. The van der Waals surface area contributed by atoms with Crippen molar-refractivity contribution < 1.29 is 39.3 Å². The minimum atomic E-state index is -1.91. The van der Waals surface area contributed by atoms with E-state index in [0.717, 1.165) is 6.07 Å². The van der Waals surface area contributed by atoms with Crippen LogP contribution in [0.4, 0.5) is 10.5 Å². The summed E-state index contributed by atoms with van der Waals surface area (Å²) in [4.78, 5) is 34.2. The lowest BCUT2D eigenvalue weighted by atomic mass is 10.1. The molecule has 0 spiro atoms. The topological polar surface area (TPSA) is 183 Å². The summed E-state index contributed by atoms with van der Waals surface area (Å²) in [5.41, 5.74) is 5.35. The lowest BCUT2D eigenvalue weighted by Gasteiger charge is -2.26. The molecule has 2 aromatic rings. The van der Waals surface area contributed by atoms with E-state index in [-0.39, 0.29) is 17.7 Å². The van der Waals surface area contributed by atoms with Gasteiger partial charge >= 0.3 is 18.1 Å². The first-order valence-corrected chi connectivity index (χ1v) is 8.12. The number of benzene rings is 2. The molecular weight excluding hydrogens is 388 g/mol. The van der Waals surface area contributed by atoms with Crippen LogP contribution >= 0.6 is 0 Å². The van der Waals surface area contributed by atoms with E-state index in [1.807, 2.05) is 0 Å². The normalized spacial score (nSPS) is 12.5. The summed E-state index contributed by atoms with van der Waals surface area (Å²) in [6.07, 6.45) is -3.21. The van der Waals surface area contributed by atoms with Crippen LogP contribution in [0.15, 0.2) is 48.5 Å². The molecule has 11 heteroatoms. The first-order valence-electron chi connectivity index (χ1n) is 8.12. The van der Waals surface area contributed by atoms with Crippen molar-refractivity contribution >= 4 is 23.8 Å². The smallest absolute Gasteiger partial charge is 0.515 e. The highest BCUT2D eigenvalue weighted by atomic mass is 16.8. The standard InChI is InChI=1S/C18H17N2O9/c19-13(16(21)22)9-10-5-7-11(8-6-10)28-18(25)29-15(17(23)24)12-3-1-2-4-14(12)20(26)27/h1-8,13,15,26H,9,19H2,(H,21,22)(H,23,24)/q-1/t13-,15?/m0/s1. The highest BCUT2D eigenvalue weighted by molar-refractivity contribution is 5.80. The van der Waals surface area contributed by atoms with Crippen LogP contribution in [0.5, 0.6) is 5.75 Å². The zero-order chi connectivity index (χ0) is 21.6. The third kappa shape index (κ3) is 5.90. The molecule has 1 unspecified atom stereocenters. The number of para-hydroxylation sites is 1. The molecule has 0 amide bonds.